The number of esters is 1. The van der Waals surface area contributed by atoms with E-state index in [4.69, 9.17) is 16.3 Å². The van der Waals surface area contributed by atoms with Crippen LogP contribution in [0.4, 0.5) is 0 Å². The molecule has 1 atom stereocenters. The number of piperazine rings is 1. The molecule has 178 valence electrons. The van der Waals surface area contributed by atoms with E-state index >= 15 is 0 Å². The molecule has 0 spiro atoms. The summed E-state index contributed by atoms with van der Waals surface area (Å²) in [7, 11) is -1.02. The van der Waals surface area contributed by atoms with Crippen LogP contribution in [0.5, 0.6) is 0 Å². The Balaban J connectivity index is 1.81. The van der Waals surface area contributed by atoms with Crippen molar-refractivity contribution < 1.29 is 22.7 Å². The summed E-state index contributed by atoms with van der Waals surface area (Å²) < 4.78 is 32.1. The quantitative estimate of drug-likeness (QED) is 0.621. The molecule has 0 bridgehead atoms. The van der Waals surface area contributed by atoms with Crippen LogP contribution in [-0.2, 0) is 19.6 Å². The van der Waals surface area contributed by atoms with Gasteiger partial charge >= 0.3 is 5.97 Å². The van der Waals surface area contributed by atoms with E-state index in [0.717, 1.165) is 5.56 Å². The molecule has 1 heterocycles. The Kier molecular flexibility index (Phi) is 7.79. The van der Waals surface area contributed by atoms with Crippen molar-refractivity contribution in [3.8, 4) is 0 Å². The van der Waals surface area contributed by atoms with Crippen molar-refractivity contribution in [1.29, 1.82) is 0 Å². The van der Waals surface area contributed by atoms with Gasteiger partial charge < -0.3 is 9.64 Å². The van der Waals surface area contributed by atoms with Crippen molar-refractivity contribution in [3.63, 3.8) is 0 Å². The minimum absolute atomic E-state index is 0.0939. The highest BCUT2D eigenvalue weighted by Gasteiger charge is 2.34. The summed E-state index contributed by atoms with van der Waals surface area (Å²) in [6.45, 7) is 5.11. The van der Waals surface area contributed by atoms with Crippen LogP contribution in [0, 0.1) is 13.8 Å². The lowest BCUT2D eigenvalue weighted by atomic mass is 10.0. The lowest BCUT2D eigenvalue weighted by Gasteiger charge is -2.38. The Morgan fingerprint density at radius 1 is 1.09 bits per heavy atom. The van der Waals surface area contributed by atoms with Crippen molar-refractivity contribution in [2.75, 3.05) is 40.3 Å². The van der Waals surface area contributed by atoms with Gasteiger partial charge in [0.25, 0.3) is 5.91 Å². The Morgan fingerprint density at radius 2 is 1.73 bits per heavy atom. The van der Waals surface area contributed by atoms with Gasteiger partial charge in [0.2, 0.25) is 10.0 Å². The summed E-state index contributed by atoms with van der Waals surface area (Å²) in [5.74, 6) is -0.670. The van der Waals surface area contributed by atoms with Crippen LogP contribution in [0.1, 0.15) is 33.1 Å². The maximum absolute atomic E-state index is 13.2. The van der Waals surface area contributed by atoms with Gasteiger partial charge in [-0.25, -0.2) is 17.9 Å². The average molecular weight is 494 g/mol. The van der Waals surface area contributed by atoms with Crippen LogP contribution in [0.2, 0.25) is 5.02 Å². The van der Waals surface area contributed by atoms with Gasteiger partial charge in [-0.15, -0.1) is 0 Å². The predicted octanol–water partition coefficient (Wildman–Crippen LogP) is 2.54. The monoisotopic (exact) mass is 493 g/mol. The van der Waals surface area contributed by atoms with Crippen molar-refractivity contribution >= 4 is 33.5 Å². The first-order chi connectivity index (χ1) is 15.6. The molecule has 0 saturated carbocycles. The normalized spacial score (nSPS) is 15.8. The smallest absolute Gasteiger partial charge is 0.327 e. The molecule has 0 aromatic heterocycles. The summed E-state index contributed by atoms with van der Waals surface area (Å²) in [5.41, 5.74) is 2.29. The molecular weight excluding hydrogens is 466 g/mol. The number of methoxy groups -OCH3 is 1. The average Bonchev–Trinajstić information content (AvgIpc) is 2.81. The molecule has 1 amide bonds. The number of hydrogen-bond donors (Lipinski definition) is 1. The highest BCUT2D eigenvalue weighted by atomic mass is 35.5. The van der Waals surface area contributed by atoms with Crippen molar-refractivity contribution in [2.45, 2.75) is 24.8 Å². The summed E-state index contributed by atoms with van der Waals surface area (Å²) in [4.78, 5) is 29.5. The molecule has 2 aromatic carbocycles. The first-order valence-corrected chi connectivity index (χ1v) is 12.4. The Hall–Kier alpha value is -2.46. The van der Waals surface area contributed by atoms with Gasteiger partial charge in [-0.05, 0) is 55.8 Å². The van der Waals surface area contributed by atoms with Crippen LogP contribution in [0.3, 0.4) is 0 Å². The van der Waals surface area contributed by atoms with Crippen LogP contribution in [0.15, 0.2) is 41.3 Å². The lowest BCUT2D eigenvalue weighted by Crippen LogP contribution is -2.51. The third-order valence-corrected chi connectivity index (χ3v) is 7.90. The summed E-state index contributed by atoms with van der Waals surface area (Å²) >= 11 is 6.34. The molecule has 1 aliphatic heterocycles. The second-order valence-electron chi connectivity index (χ2n) is 7.90. The van der Waals surface area contributed by atoms with Gasteiger partial charge in [-0.2, -0.15) is 0 Å². The van der Waals surface area contributed by atoms with E-state index in [0.29, 0.717) is 47.9 Å². The molecule has 8 nitrogen and oxygen atoms in total. The van der Waals surface area contributed by atoms with E-state index < -0.39 is 22.0 Å². The number of halogens is 1. The zero-order valence-corrected chi connectivity index (χ0v) is 20.7. The number of sulfonamides is 1. The van der Waals surface area contributed by atoms with Crippen molar-refractivity contribution in [2.24, 2.45) is 0 Å². The number of amides is 1. The molecule has 1 N–H and O–H groups in total. The first-order valence-electron chi connectivity index (χ1n) is 10.5. The van der Waals surface area contributed by atoms with Gasteiger partial charge in [-0.1, -0.05) is 29.8 Å². The second kappa shape index (κ2) is 10.2. The number of carbonyl (C=O) groups is 2. The number of nitrogens with zero attached hydrogens (tertiary/aromatic N) is 2. The standard InChI is InChI=1S/C23H28ClN3O5S/c1-15-13-17(14-20(16(15)2)33(30,31)25-3)22(28)27-11-9-26(10-12-27)21(23(29)32-4)18-7-5-6-8-19(18)24/h5-8,13-14,21,25H,9-12H2,1-4H3. The molecule has 3 rings (SSSR count). The zero-order valence-electron chi connectivity index (χ0n) is 19.1. The largest absolute Gasteiger partial charge is 0.468 e. The molecule has 1 saturated heterocycles. The van der Waals surface area contributed by atoms with Crippen LogP contribution in [0.25, 0.3) is 0 Å². The molecule has 10 heteroatoms. The van der Waals surface area contributed by atoms with Gasteiger partial charge in [-0.3, -0.25) is 9.69 Å². The number of carbonyl (C=O) groups excluding carboxylic acids is 2. The van der Waals surface area contributed by atoms with Gasteiger partial charge in [0.15, 0.2) is 0 Å². The number of rotatable bonds is 6. The van der Waals surface area contributed by atoms with Gasteiger partial charge in [0, 0.05) is 36.8 Å². The van der Waals surface area contributed by atoms with E-state index in [1.165, 1.54) is 20.2 Å². The Bertz CT molecular complexity index is 1160. The minimum Gasteiger partial charge on any atom is -0.468 e. The molecule has 33 heavy (non-hydrogen) atoms. The molecule has 1 aliphatic rings. The summed E-state index contributed by atoms with van der Waals surface area (Å²) in [5, 5.41) is 0.472. The first kappa shape index (κ1) is 25.2. The second-order valence-corrected chi connectivity index (χ2v) is 10.2. The SMILES string of the molecule is CNS(=O)(=O)c1cc(C(=O)N2CCN(C(C(=O)OC)c3ccccc3Cl)CC2)cc(C)c1C. The number of benzene rings is 2. The molecule has 1 unspecified atom stereocenters. The maximum Gasteiger partial charge on any atom is 0.327 e. The highest BCUT2D eigenvalue weighted by molar-refractivity contribution is 7.89. The molecule has 2 aromatic rings. The predicted molar refractivity (Wildman–Crippen MR) is 126 cm³/mol. The molecule has 0 aliphatic carbocycles. The van der Waals surface area contributed by atoms with E-state index in [2.05, 4.69) is 4.72 Å². The van der Waals surface area contributed by atoms with E-state index in [1.807, 2.05) is 11.0 Å². The van der Waals surface area contributed by atoms with Crippen LogP contribution >= 0.6 is 11.6 Å². The summed E-state index contributed by atoms with van der Waals surface area (Å²) in [6, 6.07) is 9.58. The lowest BCUT2D eigenvalue weighted by molar-refractivity contribution is -0.148. The minimum atomic E-state index is -3.70. The van der Waals surface area contributed by atoms with Gasteiger partial charge in [0.05, 0.1) is 12.0 Å². The number of hydrogen-bond acceptors (Lipinski definition) is 6. The van der Waals surface area contributed by atoms with E-state index in [9.17, 15) is 18.0 Å². The Morgan fingerprint density at radius 3 is 2.30 bits per heavy atom. The highest BCUT2D eigenvalue weighted by Crippen LogP contribution is 2.30. The summed E-state index contributed by atoms with van der Waals surface area (Å²) in [6.07, 6.45) is 0. The fraction of sp³-hybridized carbons (Fsp3) is 0.391. The topological polar surface area (TPSA) is 96.0 Å². The molecule has 1 fully saturated rings. The van der Waals surface area contributed by atoms with Crippen molar-refractivity contribution in [1.82, 2.24) is 14.5 Å². The molecule has 0 radical (unpaired) electrons. The van der Waals surface area contributed by atoms with Gasteiger partial charge in [0.1, 0.15) is 6.04 Å². The van der Waals surface area contributed by atoms with Crippen LogP contribution in [-0.4, -0.2) is 70.4 Å². The number of ether oxygens (including phenoxy) is 1. The van der Waals surface area contributed by atoms with Crippen molar-refractivity contribution in [3.05, 3.63) is 63.7 Å². The molecular formula is C23H28ClN3O5S. The Labute approximate surface area is 199 Å². The zero-order chi connectivity index (χ0) is 24.3. The maximum atomic E-state index is 13.2. The fourth-order valence-electron chi connectivity index (χ4n) is 3.99. The van der Waals surface area contributed by atoms with E-state index in [1.54, 1.807) is 43.0 Å². The number of aryl methyl sites for hydroxylation is 1. The third-order valence-electron chi connectivity index (χ3n) is 6.02. The number of nitrogens with one attached hydrogen (secondary N) is 1. The van der Waals surface area contributed by atoms with E-state index in [-0.39, 0.29) is 10.8 Å². The fourth-order valence-corrected chi connectivity index (χ4v) is 5.29. The van der Waals surface area contributed by atoms with Crippen LogP contribution < -0.4 is 4.72 Å². The third kappa shape index (κ3) is 5.22.